The lowest BCUT2D eigenvalue weighted by molar-refractivity contribution is -0.146. The van der Waals surface area contributed by atoms with E-state index in [0.29, 0.717) is 12.0 Å². The van der Waals surface area contributed by atoms with Gasteiger partial charge in [-0.15, -0.1) is 0 Å². The molecule has 0 saturated carbocycles. The number of carbonyl (C=O) groups is 1. The minimum absolute atomic E-state index is 0.129. The van der Waals surface area contributed by atoms with E-state index in [1.165, 1.54) is 0 Å². The fraction of sp³-hybridized carbons (Fsp3) is 0.625. The lowest BCUT2D eigenvalue weighted by Crippen LogP contribution is -2.21. The van der Waals surface area contributed by atoms with Crippen molar-refractivity contribution < 1.29 is 14.6 Å². The molecule has 64 valence electrons. The summed E-state index contributed by atoms with van der Waals surface area (Å²) in [4.78, 5) is 10.8. The summed E-state index contributed by atoms with van der Waals surface area (Å²) in [5.74, 6) is -0.439. The van der Waals surface area contributed by atoms with Gasteiger partial charge in [0, 0.05) is 5.57 Å². The van der Waals surface area contributed by atoms with Gasteiger partial charge in [-0.25, -0.2) is 4.79 Å². The second-order valence-corrected chi connectivity index (χ2v) is 2.40. The van der Waals surface area contributed by atoms with E-state index < -0.39 is 5.97 Å². The number of hydrogen-bond donors (Lipinski definition) is 1. The van der Waals surface area contributed by atoms with Gasteiger partial charge in [-0.1, -0.05) is 13.5 Å². The normalized spacial score (nSPS) is 12.3. The fourth-order valence-electron chi connectivity index (χ4n) is 0.502. The summed E-state index contributed by atoms with van der Waals surface area (Å²) in [6.45, 7) is 6.71. The van der Waals surface area contributed by atoms with Crippen LogP contribution in [0.2, 0.25) is 0 Å². The summed E-state index contributed by atoms with van der Waals surface area (Å²) >= 11 is 0. The lowest BCUT2D eigenvalue weighted by Gasteiger charge is -2.12. The van der Waals surface area contributed by atoms with Gasteiger partial charge in [-0.3, -0.25) is 0 Å². The number of hydrogen-bond acceptors (Lipinski definition) is 3. The first-order valence-corrected chi connectivity index (χ1v) is 3.59. The van der Waals surface area contributed by atoms with E-state index >= 15 is 0 Å². The Labute approximate surface area is 66.7 Å². The molecule has 0 unspecified atom stereocenters. The van der Waals surface area contributed by atoms with Crippen LogP contribution >= 0.6 is 0 Å². The summed E-state index contributed by atoms with van der Waals surface area (Å²) < 4.78 is 4.82. The lowest BCUT2D eigenvalue weighted by atomic mass is 10.3. The van der Waals surface area contributed by atoms with Crippen LogP contribution in [0.25, 0.3) is 0 Å². The molecule has 0 aliphatic carbocycles. The molecular formula is C8H14O3. The molecule has 1 atom stereocenters. The zero-order valence-corrected chi connectivity index (χ0v) is 6.96. The van der Waals surface area contributed by atoms with Gasteiger partial charge in [0.05, 0.1) is 6.61 Å². The van der Waals surface area contributed by atoms with Gasteiger partial charge in [-0.05, 0) is 13.3 Å². The van der Waals surface area contributed by atoms with Crippen molar-refractivity contribution >= 4 is 5.97 Å². The predicted molar refractivity (Wildman–Crippen MR) is 42.1 cm³/mol. The van der Waals surface area contributed by atoms with Crippen molar-refractivity contribution in [2.75, 3.05) is 6.61 Å². The Balaban J connectivity index is 3.81. The van der Waals surface area contributed by atoms with Gasteiger partial charge in [0.1, 0.15) is 6.10 Å². The smallest absolute Gasteiger partial charge is 0.333 e. The van der Waals surface area contributed by atoms with E-state index in [2.05, 4.69) is 6.58 Å². The average molecular weight is 158 g/mol. The Bertz CT molecular complexity index is 147. The highest BCUT2D eigenvalue weighted by atomic mass is 16.6. The quantitative estimate of drug-likeness (QED) is 0.488. The second-order valence-electron chi connectivity index (χ2n) is 2.40. The molecule has 0 bridgehead atoms. The Morgan fingerprint density at radius 3 is 2.55 bits per heavy atom. The number of carbonyl (C=O) groups excluding carboxylic acids is 1. The SMILES string of the molecule is C=C(C)C(=O)O[C@@H](CC)CO. The molecule has 0 aliphatic rings. The zero-order chi connectivity index (χ0) is 8.85. The Hall–Kier alpha value is -0.830. The monoisotopic (exact) mass is 158 g/mol. The second kappa shape index (κ2) is 4.91. The van der Waals surface area contributed by atoms with E-state index in [9.17, 15) is 4.79 Å². The van der Waals surface area contributed by atoms with Crippen LogP contribution in [0.4, 0.5) is 0 Å². The molecule has 3 nitrogen and oxygen atoms in total. The zero-order valence-electron chi connectivity index (χ0n) is 6.96. The van der Waals surface area contributed by atoms with Crippen molar-refractivity contribution in [1.82, 2.24) is 0 Å². The molecule has 0 aromatic rings. The summed E-state index contributed by atoms with van der Waals surface area (Å²) in [6.07, 6.45) is 0.231. The van der Waals surface area contributed by atoms with E-state index in [1.807, 2.05) is 6.92 Å². The molecule has 0 radical (unpaired) electrons. The van der Waals surface area contributed by atoms with Crippen LogP contribution in [0.3, 0.4) is 0 Å². The van der Waals surface area contributed by atoms with Crippen molar-refractivity contribution in [3.63, 3.8) is 0 Å². The third-order valence-electron chi connectivity index (χ3n) is 1.28. The van der Waals surface area contributed by atoms with Crippen LogP contribution < -0.4 is 0 Å². The Morgan fingerprint density at radius 2 is 2.27 bits per heavy atom. The Kier molecular flexibility index (Phi) is 4.54. The largest absolute Gasteiger partial charge is 0.457 e. The molecule has 11 heavy (non-hydrogen) atoms. The van der Waals surface area contributed by atoms with Gasteiger partial charge in [0.15, 0.2) is 0 Å². The third-order valence-corrected chi connectivity index (χ3v) is 1.28. The molecule has 0 aromatic carbocycles. The number of ether oxygens (including phenoxy) is 1. The highest BCUT2D eigenvalue weighted by Crippen LogP contribution is 2.01. The molecule has 0 amide bonds. The van der Waals surface area contributed by atoms with Crippen molar-refractivity contribution in [1.29, 1.82) is 0 Å². The van der Waals surface area contributed by atoms with Crippen molar-refractivity contribution in [2.45, 2.75) is 26.4 Å². The van der Waals surface area contributed by atoms with E-state index in [1.54, 1.807) is 6.92 Å². The van der Waals surface area contributed by atoms with E-state index in [4.69, 9.17) is 9.84 Å². The standard InChI is InChI=1S/C8H14O3/c1-4-7(5-9)11-8(10)6(2)3/h7,9H,2,4-5H2,1,3H3/t7-/m0/s1. The minimum Gasteiger partial charge on any atom is -0.457 e. The highest BCUT2D eigenvalue weighted by Gasteiger charge is 2.10. The maximum absolute atomic E-state index is 10.8. The molecule has 0 heterocycles. The molecule has 0 aromatic heterocycles. The van der Waals surface area contributed by atoms with E-state index in [-0.39, 0.29) is 12.7 Å². The number of aliphatic hydroxyl groups excluding tert-OH is 1. The van der Waals surface area contributed by atoms with Gasteiger partial charge in [-0.2, -0.15) is 0 Å². The van der Waals surface area contributed by atoms with Crippen molar-refractivity contribution in [3.05, 3.63) is 12.2 Å². The van der Waals surface area contributed by atoms with Crippen molar-refractivity contribution in [2.24, 2.45) is 0 Å². The van der Waals surface area contributed by atoms with Crippen LogP contribution in [-0.4, -0.2) is 23.8 Å². The molecule has 3 heteroatoms. The van der Waals surface area contributed by atoms with Crippen LogP contribution in [0.1, 0.15) is 20.3 Å². The minimum atomic E-state index is -0.439. The first-order valence-electron chi connectivity index (χ1n) is 3.59. The first-order chi connectivity index (χ1) is 5.11. The molecule has 0 spiro atoms. The van der Waals surface area contributed by atoms with E-state index in [0.717, 1.165) is 0 Å². The van der Waals surface area contributed by atoms with Crippen LogP contribution in [-0.2, 0) is 9.53 Å². The summed E-state index contributed by atoms with van der Waals surface area (Å²) in [5.41, 5.74) is 0.358. The predicted octanol–water partition coefficient (Wildman–Crippen LogP) is 0.877. The van der Waals surface area contributed by atoms with Crippen molar-refractivity contribution in [3.8, 4) is 0 Å². The molecule has 0 aliphatic heterocycles. The van der Waals surface area contributed by atoms with Gasteiger partial charge in [0.2, 0.25) is 0 Å². The molecule has 0 saturated heterocycles. The molecule has 0 rings (SSSR count). The van der Waals surface area contributed by atoms with Crippen LogP contribution in [0.15, 0.2) is 12.2 Å². The average Bonchev–Trinajstić information content (AvgIpc) is 1.99. The fourth-order valence-corrected chi connectivity index (χ4v) is 0.502. The van der Waals surface area contributed by atoms with Gasteiger partial charge < -0.3 is 9.84 Å². The Morgan fingerprint density at radius 1 is 1.73 bits per heavy atom. The van der Waals surface area contributed by atoms with Crippen LogP contribution in [0.5, 0.6) is 0 Å². The summed E-state index contributed by atoms with van der Waals surface area (Å²) in [5, 5.41) is 8.65. The molecule has 0 fully saturated rings. The molecule has 1 N–H and O–H groups in total. The number of esters is 1. The summed E-state index contributed by atoms with van der Waals surface area (Å²) in [7, 11) is 0. The maximum Gasteiger partial charge on any atom is 0.333 e. The van der Waals surface area contributed by atoms with Gasteiger partial charge in [0.25, 0.3) is 0 Å². The highest BCUT2D eigenvalue weighted by molar-refractivity contribution is 5.87. The summed E-state index contributed by atoms with van der Waals surface area (Å²) in [6, 6.07) is 0. The topological polar surface area (TPSA) is 46.5 Å². The van der Waals surface area contributed by atoms with Gasteiger partial charge >= 0.3 is 5.97 Å². The first kappa shape index (κ1) is 10.2. The van der Waals surface area contributed by atoms with Crippen LogP contribution in [0, 0.1) is 0 Å². The number of rotatable bonds is 4. The maximum atomic E-state index is 10.8. The number of aliphatic hydroxyl groups is 1. The third kappa shape index (κ3) is 3.78. The molecular weight excluding hydrogens is 144 g/mol.